The van der Waals surface area contributed by atoms with E-state index in [1.54, 1.807) is 6.08 Å². The zero-order valence-corrected chi connectivity index (χ0v) is 15.9. The number of allylic oxidation sites excluding steroid dienone is 1. The minimum absolute atomic E-state index is 0. The summed E-state index contributed by atoms with van der Waals surface area (Å²) in [5.41, 5.74) is 0. The summed E-state index contributed by atoms with van der Waals surface area (Å²) < 4.78 is 4.80. The van der Waals surface area contributed by atoms with Crippen LogP contribution >= 0.6 is 0 Å². The average molecular weight is 305 g/mol. The van der Waals surface area contributed by atoms with Gasteiger partial charge in [-0.3, -0.25) is 0 Å². The third kappa shape index (κ3) is 7.37. The van der Waals surface area contributed by atoms with Gasteiger partial charge < -0.3 is 0 Å². The van der Waals surface area contributed by atoms with Crippen molar-refractivity contribution in [2.45, 2.75) is 32.6 Å². The molecule has 0 rings (SSSR count). The second-order valence-electron chi connectivity index (χ2n) is 2.83. The first-order valence-corrected chi connectivity index (χ1v) is 5.54. The molecule has 2 nitrogen and oxygen atoms in total. The molecule has 0 saturated heterocycles. The van der Waals surface area contributed by atoms with Crippen LogP contribution in [0.3, 0.4) is 0 Å². The van der Waals surface area contributed by atoms with Gasteiger partial charge in [-0.2, -0.15) is 0 Å². The van der Waals surface area contributed by atoms with E-state index in [0.717, 1.165) is 25.7 Å². The standard InChI is InChI=1S/C9H17GeO2.GeH3/c1-3-5-7-8(6-4-2)9(11)12-10;/h4,8H,2-3,5-7,10H2,1H3;1H3. The predicted octanol–water partition coefficient (Wildman–Crippen LogP) is 0.276. The molecule has 0 bridgehead atoms. The number of unbranched alkanes of at least 4 members (excludes halogenated alkanes) is 1. The van der Waals surface area contributed by atoms with Gasteiger partial charge in [-0.15, -0.1) is 0 Å². The van der Waals surface area contributed by atoms with Gasteiger partial charge in [-0.25, -0.2) is 0 Å². The molecule has 0 aromatic heterocycles. The molecular weight excluding hydrogens is 285 g/mol. The maximum absolute atomic E-state index is 11.2. The quantitative estimate of drug-likeness (QED) is 0.520. The van der Waals surface area contributed by atoms with Crippen LogP contribution in [0.15, 0.2) is 12.7 Å². The molecule has 4 heteroatoms. The van der Waals surface area contributed by atoms with Gasteiger partial charge in [-0.05, 0) is 0 Å². The molecule has 0 aromatic rings. The van der Waals surface area contributed by atoms with Crippen LogP contribution in [0.25, 0.3) is 0 Å². The van der Waals surface area contributed by atoms with Crippen molar-refractivity contribution < 1.29 is 8.56 Å². The van der Waals surface area contributed by atoms with Gasteiger partial charge in [0.05, 0.1) is 0 Å². The third-order valence-electron chi connectivity index (χ3n) is 1.83. The molecular formula is C9H20Ge2O2. The molecule has 0 aromatic carbocycles. The van der Waals surface area contributed by atoms with E-state index in [4.69, 9.17) is 3.76 Å². The Balaban J connectivity index is 0. The Labute approximate surface area is 100 Å². The van der Waals surface area contributed by atoms with Crippen molar-refractivity contribution in [1.82, 2.24) is 0 Å². The molecule has 0 aliphatic carbocycles. The second-order valence-corrected chi connectivity index (χ2v) is 3.43. The maximum atomic E-state index is 11.2. The molecule has 2 radical (unpaired) electrons. The normalized spacial score (nSPS) is 11.2. The summed E-state index contributed by atoms with van der Waals surface area (Å²) in [7, 11) is 0. The van der Waals surface area contributed by atoms with Crippen LogP contribution in [0.2, 0.25) is 0 Å². The van der Waals surface area contributed by atoms with E-state index >= 15 is 0 Å². The van der Waals surface area contributed by atoms with E-state index in [2.05, 4.69) is 13.5 Å². The monoisotopic (exact) mass is 308 g/mol. The molecule has 0 heterocycles. The summed E-state index contributed by atoms with van der Waals surface area (Å²) in [4.78, 5) is 11.2. The minimum atomic E-state index is -0.0525. The number of carbonyl (C=O) groups excluding carboxylic acids is 1. The fraction of sp³-hybridized carbons (Fsp3) is 0.667. The van der Waals surface area contributed by atoms with Crippen molar-refractivity contribution in [1.29, 1.82) is 0 Å². The van der Waals surface area contributed by atoms with E-state index < -0.39 is 0 Å². The summed E-state index contributed by atoms with van der Waals surface area (Å²) >= 11 is 0.596. The van der Waals surface area contributed by atoms with Crippen LogP contribution in [0.4, 0.5) is 0 Å². The molecule has 0 amide bonds. The van der Waals surface area contributed by atoms with Crippen LogP contribution in [0, 0.1) is 5.92 Å². The van der Waals surface area contributed by atoms with Crippen molar-refractivity contribution in [3.8, 4) is 0 Å². The fourth-order valence-corrected chi connectivity index (χ4v) is 1.60. The average Bonchev–Trinajstić information content (AvgIpc) is 2.11. The third-order valence-corrected chi connectivity index (χ3v) is 2.43. The van der Waals surface area contributed by atoms with Crippen LogP contribution in [0.1, 0.15) is 32.6 Å². The zero-order valence-electron chi connectivity index (χ0n) is 8.71. The first kappa shape index (κ1) is 15.8. The summed E-state index contributed by atoms with van der Waals surface area (Å²) in [5.74, 6) is -0.000417. The number of rotatable bonds is 6. The van der Waals surface area contributed by atoms with E-state index in [9.17, 15) is 4.79 Å². The van der Waals surface area contributed by atoms with Gasteiger partial charge in [0.2, 0.25) is 0 Å². The van der Waals surface area contributed by atoms with Gasteiger partial charge in [-0.1, -0.05) is 0 Å². The molecule has 1 unspecified atom stereocenters. The van der Waals surface area contributed by atoms with E-state index in [1.165, 1.54) is 0 Å². The summed E-state index contributed by atoms with van der Waals surface area (Å²) in [6.45, 7) is 5.75. The Hall–Kier alpha value is 0.296. The molecule has 0 aliphatic heterocycles. The Morgan fingerprint density at radius 3 is 2.69 bits per heavy atom. The summed E-state index contributed by atoms with van der Waals surface area (Å²) in [5, 5.41) is 0. The van der Waals surface area contributed by atoms with Gasteiger partial charge in [0.15, 0.2) is 0 Å². The van der Waals surface area contributed by atoms with Gasteiger partial charge >= 0.3 is 100 Å². The number of carbonyl (C=O) groups is 1. The van der Waals surface area contributed by atoms with Crippen LogP contribution < -0.4 is 0 Å². The molecule has 13 heavy (non-hydrogen) atoms. The number of hydrogen-bond acceptors (Lipinski definition) is 2. The molecule has 0 aliphatic rings. The first-order chi connectivity index (χ1) is 5.76. The van der Waals surface area contributed by atoms with Crippen molar-refractivity contribution in [3.63, 3.8) is 0 Å². The van der Waals surface area contributed by atoms with E-state index in [0.29, 0.717) is 16.9 Å². The van der Waals surface area contributed by atoms with Crippen molar-refractivity contribution in [3.05, 3.63) is 12.7 Å². The molecule has 0 N–H and O–H groups in total. The Morgan fingerprint density at radius 1 is 1.69 bits per heavy atom. The van der Waals surface area contributed by atoms with Crippen molar-refractivity contribution in [2.24, 2.45) is 5.92 Å². The molecule has 0 spiro atoms. The van der Waals surface area contributed by atoms with Crippen LogP contribution in [0.5, 0.6) is 0 Å². The Kier molecular flexibility index (Phi) is 12.6. The van der Waals surface area contributed by atoms with E-state index in [-0.39, 0.29) is 29.5 Å². The second kappa shape index (κ2) is 10.4. The van der Waals surface area contributed by atoms with Crippen LogP contribution in [-0.2, 0) is 8.56 Å². The Bertz CT molecular complexity index is 149. The van der Waals surface area contributed by atoms with Crippen LogP contribution in [-0.4, -0.2) is 40.4 Å². The molecule has 0 saturated carbocycles. The van der Waals surface area contributed by atoms with Gasteiger partial charge in [0.1, 0.15) is 0 Å². The molecule has 76 valence electrons. The molecule has 0 fully saturated rings. The predicted molar refractivity (Wildman–Crippen MR) is 62.4 cm³/mol. The molecule has 1 atom stereocenters. The number of hydrogen-bond donors (Lipinski definition) is 0. The van der Waals surface area contributed by atoms with Crippen molar-refractivity contribution >= 4 is 40.4 Å². The Morgan fingerprint density at radius 2 is 2.31 bits per heavy atom. The van der Waals surface area contributed by atoms with E-state index in [1.807, 2.05) is 0 Å². The fourth-order valence-electron chi connectivity index (χ4n) is 1.10. The van der Waals surface area contributed by atoms with Gasteiger partial charge in [0.25, 0.3) is 0 Å². The SMILES string of the molecule is C=CCC(CCCC)C(=O)[O][GeH2].[GeH3]. The van der Waals surface area contributed by atoms with Gasteiger partial charge in [0, 0.05) is 0 Å². The zero-order chi connectivity index (χ0) is 9.40. The summed E-state index contributed by atoms with van der Waals surface area (Å²) in [6.07, 6.45) is 5.69. The summed E-state index contributed by atoms with van der Waals surface area (Å²) in [6, 6.07) is 0. The first-order valence-electron chi connectivity index (χ1n) is 4.33. The topological polar surface area (TPSA) is 26.3 Å². The van der Waals surface area contributed by atoms with Crippen molar-refractivity contribution in [2.75, 3.05) is 0 Å².